The van der Waals surface area contributed by atoms with Gasteiger partial charge in [-0.05, 0) is 112 Å². The SMILES string of the molecule is CCC(C)[C@H](NC(=O)[C@@H](CCCN=C(N)N)NC(=O)[C@@](CC(C)C)(C(=O)[C@@H](N)Cc1cccc(O)c1)N(C(=O)[C@H](CC(C)C)NC(=O)[C@@H](CC(C)C)NCCCN1CCOCC1)C(=O)[C@@H](N)[C@H](O)C(C)C)C(=O)N[C@H](C(=O)NCC(=O)N(C(=O)[C@@H](N)[C@H](O)C(N)=O)[C@@H](CO)C(=O)O)[C@H](C)O. The number of amides is 10. The number of primary amides is 1. The van der Waals surface area contributed by atoms with Gasteiger partial charge in [0.1, 0.15) is 42.0 Å². The fourth-order valence-electron chi connectivity index (χ4n) is 11.2. The molecular weight excluding hydrogens is 1310 g/mol. The highest BCUT2D eigenvalue weighted by Crippen LogP contribution is 2.33. The average Bonchev–Trinajstić information content (AvgIpc) is 0.740. The third kappa shape index (κ3) is 26.6. The number of phenols is 1. The lowest BCUT2D eigenvalue weighted by atomic mass is 9.77. The van der Waals surface area contributed by atoms with Crippen LogP contribution in [0.5, 0.6) is 5.75 Å². The van der Waals surface area contributed by atoms with E-state index in [1.54, 1.807) is 34.6 Å². The highest BCUT2D eigenvalue weighted by molar-refractivity contribution is 6.20. The number of phenolic OH excluding ortho intramolecular Hbond substituents is 1. The number of Topliss-reactive ketones (excluding diaryl/α,β-unsaturated/α-hetero) is 1. The number of benzene rings is 1. The summed E-state index contributed by atoms with van der Waals surface area (Å²) >= 11 is 0. The molecule has 35 nitrogen and oxygen atoms in total. The number of hydrogen-bond donors (Lipinski definition) is 18. The number of aliphatic hydroxyl groups excluding tert-OH is 4. The number of hydrogen-bond acceptors (Lipinski definition) is 24. The predicted octanol–water partition coefficient (Wildman–Crippen LogP) is -5.40. The molecule has 0 radical (unpaired) electrons. The second-order valence-corrected chi connectivity index (χ2v) is 27.0. The number of guanidine groups is 1. The number of aliphatic imine (C=N–C) groups is 1. The summed E-state index contributed by atoms with van der Waals surface area (Å²) in [7, 11) is 0. The zero-order valence-corrected chi connectivity index (χ0v) is 59.4. The molecule has 0 saturated carbocycles. The Balaban J connectivity index is 3.04. The van der Waals surface area contributed by atoms with E-state index < -0.39 is 205 Å². The number of carboxylic acids is 1. The van der Waals surface area contributed by atoms with Crippen LogP contribution in [0.15, 0.2) is 29.3 Å². The fraction of sp³-hybridized carbons (Fsp3) is 0.708. The standard InChI is InChI=1S/C65H112N16O19/c1-12-37(10)49(58(93)78-50(38(11)83)57(92)74-31-46(85)80(45(32-82)62(97)98)60(95)48(68)52(87)54(69)89)77-55(90)42(18-14-19-73-64(70)71)76-63(99)65(30-35(6)7,53(88)41(66)29-39-16-13-17-40(84)28-39)81(61(96)47(67)51(86)36(8)9)59(94)44(27-34(4)5)75-56(91)43(26-33(2)3)72-20-15-21-79-22-24-100-25-23-79/h13,16-17,28,33-38,41-45,47-52,72,82-84,86-87H,12,14-15,18-27,29-32,66-68H2,1-11H3,(H2,69,89)(H,74,92)(H,75,91)(H,76,99)(H,77,90)(H,78,93)(H,97,98)(H4,70,71,73)/t37?,38-,41-,42+,43+,44-,45-,47-,48-,49-,50-,51+,52-,65+/m0/s1. The van der Waals surface area contributed by atoms with E-state index in [0.29, 0.717) is 37.6 Å². The molecule has 1 aliphatic rings. The molecule has 0 aliphatic carbocycles. The van der Waals surface area contributed by atoms with Gasteiger partial charge in [-0.3, -0.25) is 72.4 Å². The molecule has 1 unspecified atom stereocenters. The van der Waals surface area contributed by atoms with Gasteiger partial charge in [-0.2, -0.15) is 0 Å². The van der Waals surface area contributed by atoms with Gasteiger partial charge < -0.3 is 102 Å². The van der Waals surface area contributed by atoms with Crippen LogP contribution in [0.3, 0.4) is 0 Å². The molecule has 1 aromatic rings. The van der Waals surface area contributed by atoms with E-state index in [1.165, 1.54) is 45.0 Å². The van der Waals surface area contributed by atoms with Gasteiger partial charge in [0.15, 0.2) is 29.4 Å². The van der Waals surface area contributed by atoms with E-state index in [4.69, 9.17) is 39.1 Å². The van der Waals surface area contributed by atoms with Crippen LogP contribution in [0.25, 0.3) is 0 Å². The lowest BCUT2D eigenvalue weighted by Gasteiger charge is -2.45. The molecule has 1 fully saturated rings. The molecule has 566 valence electrons. The number of carboxylic acid groups (broad SMARTS) is 1. The maximum Gasteiger partial charge on any atom is 0.329 e. The van der Waals surface area contributed by atoms with Crippen molar-refractivity contribution in [2.75, 3.05) is 59.1 Å². The summed E-state index contributed by atoms with van der Waals surface area (Å²) in [5.41, 5.74) is 32.6. The molecule has 2 rings (SSSR count). The summed E-state index contributed by atoms with van der Waals surface area (Å²) in [5, 5.41) is 78.4. The van der Waals surface area contributed by atoms with Gasteiger partial charge in [0.05, 0.1) is 50.7 Å². The first-order valence-electron chi connectivity index (χ1n) is 33.8. The summed E-state index contributed by atoms with van der Waals surface area (Å²) < 4.78 is 5.48. The van der Waals surface area contributed by atoms with Crippen molar-refractivity contribution in [1.82, 2.24) is 46.6 Å². The summed E-state index contributed by atoms with van der Waals surface area (Å²) in [6.45, 7) is 18.2. The Morgan fingerprint density at radius 3 is 1.82 bits per heavy atom. The molecular formula is C65H112N16O19. The van der Waals surface area contributed by atoms with Crippen LogP contribution in [0.1, 0.15) is 127 Å². The molecule has 1 heterocycles. The number of carbonyl (C=O) groups excluding carboxylic acids is 11. The van der Waals surface area contributed by atoms with Crippen LogP contribution in [0.4, 0.5) is 0 Å². The number of carbonyl (C=O) groups is 12. The fourth-order valence-corrected chi connectivity index (χ4v) is 11.2. The second kappa shape index (κ2) is 42.4. The number of aliphatic carboxylic acids is 1. The lowest BCUT2D eigenvalue weighted by Crippen LogP contribution is -2.75. The number of rotatable bonds is 44. The molecule has 1 aliphatic heterocycles. The number of ketones is 1. The van der Waals surface area contributed by atoms with E-state index in [1.807, 2.05) is 19.2 Å². The predicted molar refractivity (Wildman–Crippen MR) is 366 cm³/mol. The molecule has 0 spiro atoms. The summed E-state index contributed by atoms with van der Waals surface area (Å²) in [6.07, 6.45) is -7.07. The van der Waals surface area contributed by atoms with Gasteiger partial charge >= 0.3 is 5.97 Å². The maximum absolute atomic E-state index is 16.4. The van der Waals surface area contributed by atoms with Crippen LogP contribution in [0, 0.1) is 29.6 Å². The average molecular weight is 1420 g/mol. The largest absolute Gasteiger partial charge is 0.508 e. The van der Waals surface area contributed by atoms with E-state index in [0.717, 1.165) is 20.0 Å². The number of nitrogens with one attached hydrogen (secondary N) is 6. The van der Waals surface area contributed by atoms with Gasteiger partial charge in [0.25, 0.3) is 11.8 Å². The Kier molecular flexibility index (Phi) is 37.4. The third-order valence-electron chi connectivity index (χ3n) is 16.9. The first kappa shape index (κ1) is 88.2. The molecule has 0 aromatic heterocycles. The van der Waals surface area contributed by atoms with Gasteiger partial charge in [-0.1, -0.05) is 87.8 Å². The Labute approximate surface area is 583 Å². The lowest BCUT2D eigenvalue weighted by molar-refractivity contribution is -0.169. The van der Waals surface area contributed by atoms with Crippen molar-refractivity contribution >= 4 is 76.8 Å². The van der Waals surface area contributed by atoms with Gasteiger partial charge in [-0.25, -0.2) is 4.79 Å². The van der Waals surface area contributed by atoms with Crippen molar-refractivity contribution < 1.29 is 92.9 Å². The van der Waals surface area contributed by atoms with Crippen LogP contribution in [0.2, 0.25) is 0 Å². The number of imide groups is 2. The minimum absolute atomic E-state index is 0.0734. The van der Waals surface area contributed by atoms with Crippen LogP contribution >= 0.6 is 0 Å². The van der Waals surface area contributed by atoms with Crippen molar-refractivity contribution in [1.29, 1.82) is 0 Å². The summed E-state index contributed by atoms with van der Waals surface area (Å²) in [5.74, 6) is -20.5. The molecule has 0 bridgehead atoms. The minimum Gasteiger partial charge on any atom is -0.508 e. The second-order valence-electron chi connectivity index (χ2n) is 27.0. The summed E-state index contributed by atoms with van der Waals surface area (Å²) in [6, 6.07) is -11.4. The van der Waals surface area contributed by atoms with E-state index in [2.05, 4.69) is 36.5 Å². The van der Waals surface area contributed by atoms with E-state index in [9.17, 15) is 64.2 Å². The normalized spacial score (nSPS) is 17.2. The Morgan fingerprint density at radius 1 is 0.710 bits per heavy atom. The van der Waals surface area contributed by atoms with Gasteiger partial charge in [0, 0.05) is 19.6 Å². The van der Waals surface area contributed by atoms with Crippen molar-refractivity contribution in [2.24, 2.45) is 69.0 Å². The van der Waals surface area contributed by atoms with Crippen molar-refractivity contribution in [3.8, 4) is 5.75 Å². The van der Waals surface area contributed by atoms with E-state index in [-0.39, 0.29) is 60.3 Å². The zero-order chi connectivity index (χ0) is 76.2. The maximum atomic E-state index is 16.4. The van der Waals surface area contributed by atoms with Crippen LogP contribution < -0.4 is 66.3 Å². The number of nitrogens with zero attached hydrogens (tertiary/aromatic N) is 4. The topological polar surface area (TPSA) is 586 Å². The first-order valence-corrected chi connectivity index (χ1v) is 33.8. The number of morpholine rings is 1. The zero-order valence-electron chi connectivity index (χ0n) is 59.4. The minimum atomic E-state index is -3.17. The van der Waals surface area contributed by atoms with E-state index >= 15 is 24.0 Å². The third-order valence-corrected chi connectivity index (χ3v) is 16.9. The summed E-state index contributed by atoms with van der Waals surface area (Å²) in [4.78, 5) is 180. The monoisotopic (exact) mass is 1420 g/mol. The molecule has 1 aromatic carbocycles. The smallest absolute Gasteiger partial charge is 0.329 e. The molecule has 100 heavy (non-hydrogen) atoms. The molecule has 35 heteroatoms. The number of nitrogens with two attached hydrogens (primary N) is 6. The molecule has 14 atom stereocenters. The van der Waals surface area contributed by atoms with Crippen LogP contribution in [-0.4, -0.2) is 259 Å². The number of ether oxygens (including phenoxy) is 1. The molecule has 1 saturated heterocycles. The first-order chi connectivity index (χ1) is 46.7. The van der Waals surface area contributed by atoms with Crippen LogP contribution in [-0.2, 0) is 68.7 Å². The highest BCUT2D eigenvalue weighted by atomic mass is 16.5. The molecule has 24 N–H and O–H groups in total. The Hall–Kier alpha value is -7.87. The number of aliphatic hydroxyl groups is 4. The van der Waals surface area contributed by atoms with Crippen molar-refractivity contribution in [2.45, 2.75) is 206 Å². The van der Waals surface area contributed by atoms with Gasteiger partial charge in [-0.15, -0.1) is 0 Å². The Bertz CT molecular complexity index is 2950. The van der Waals surface area contributed by atoms with Gasteiger partial charge in [0.2, 0.25) is 47.3 Å². The Morgan fingerprint density at radius 2 is 1.30 bits per heavy atom. The quantitative estimate of drug-likeness (QED) is 0.0125. The molecule has 10 amide bonds. The highest BCUT2D eigenvalue weighted by Gasteiger charge is 2.59. The number of aromatic hydroxyl groups is 1. The van der Waals surface area contributed by atoms with Crippen molar-refractivity contribution in [3.05, 3.63) is 29.8 Å². The van der Waals surface area contributed by atoms with Crippen molar-refractivity contribution in [3.63, 3.8) is 0 Å².